The summed E-state index contributed by atoms with van der Waals surface area (Å²) >= 11 is 0. The molecule has 2 heteroatoms. The van der Waals surface area contributed by atoms with Gasteiger partial charge in [-0.15, -0.1) is 0 Å². The van der Waals surface area contributed by atoms with Crippen molar-refractivity contribution in [1.82, 2.24) is 4.90 Å². The number of carbonyl (C=O) groups is 1. The van der Waals surface area contributed by atoms with Crippen molar-refractivity contribution in [3.8, 4) is 0 Å². The smallest absolute Gasteiger partial charge is 0.219 e. The summed E-state index contributed by atoms with van der Waals surface area (Å²) in [5, 5.41) is 0. The Kier molecular flexibility index (Phi) is 2.44. The van der Waals surface area contributed by atoms with Gasteiger partial charge in [0.25, 0.3) is 0 Å². The number of carbonyl (C=O) groups excluding carboxylic acids is 1. The van der Waals surface area contributed by atoms with Crippen molar-refractivity contribution in [2.45, 2.75) is 39.2 Å². The Labute approximate surface area is 85.3 Å². The lowest BCUT2D eigenvalue weighted by Gasteiger charge is -2.37. The van der Waals surface area contributed by atoms with Crippen LogP contribution in [0.15, 0.2) is 23.3 Å². The third kappa shape index (κ3) is 1.61. The van der Waals surface area contributed by atoms with E-state index in [9.17, 15) is 4.79 Å². The molecule has 14 heavy (non-hydrogen) atoms. The summed E-state index contributed by atoms with van der Waals surface area (Å²) in [5.41, 5.74) is 2.85. The van der Waals surface area contributed by atoms with E-state index in [1.807, 2.05) is 4.90 Å². The molecule has 1 unspecified atom stereocenters. The van der Waals surface area contributed by atoms with Crippen molar-refractivity contribution in [1.29, 1.82) is 0 Å². The van der Waals surface area contributed by atoms with E-state index in [2.05, 4.69) is 19.1 Å². The number of likely N-dealkylation sites (tertiary alicyclic amines) is 1. The quantitative estimate of drug-likeness (QED) is 0.575. The fraction of sp³-hybridized carbons (Fsp3) is 0.583. The van der Waals surface area contributed by atoms with Crippen LogP contribution in [0.4, 0.5) is 0 Å². The van der Waals surface area contributed by atoms with Crippen molar-refractivity contribution in [3.05, 3.63) is 23.3 Å². The SMILES string of the molecule is CC(=O)N1CC2=CCCC=C2CC1C. The van der Waals surface area contributed by atoms with E-state index >= 15 is 0 Å². The first kappa shape index (κ1) is 9.50. The zero-order chi connectivity index (χ0) is 10.1. The van der Waals surface area contributed by atoms with Gasteiger partial charge in [-0.1, -0.05) is 12.2 Å². The second-order valence-electron chi connectivity index (χ2n) is 4.24. The zero-order valence-corrected chi connectivity index (χ0v) is 8.92. The highest BCUT2D eigenvalue weighted by Crippen LogP contribution is 2.30. The van der Waals surface area contributed by atoms with Crippen molar-refractivity contribution in [3.63, 3.8) is 0 Å². The Hall–Kier alpha value is -1.05. The predicted molar refractivity (Wildman–Crippen MR) is 56.9 cm³/mol. The van der Waals surface area contributed by atoms with Gasteiger partial charge < -0.3 is 4.90 Å². The number of hydrogen-bond donors (Lipinski definition) is 0. The maximum Gasteiger partial charge on any atom is 0.219 e. The Morgan fingerprint density at radius 1 is 1.36 bits per heavy atom. The molecule has 0 aromatic heterocycles. The maximum atomic E-state index is 11.4. The normalized spacial score (nSPS) is 26.4. The Bertz CT molecular complexity index is 314. The van der Waals surface area contributed by atoms with Crippen molar-refractivity contribution >= 4 is 5.91 Å². The van der Waals surface area contributed by atoms with Gasteiger partial charge in [-0.25, -0.2) is 0 Å². The molecule has 0 saturated carbocycles. The van der Waals surface area contributed by atoms with Crippen LogP contribution in [0, 0.1) is 0 Å². The van der Waals surface area contributed by atoms with Gasteiger partial charge in [-0.05, 0) is 37.3 Å². The Morgan fingerprint density at radius 3 is 2.64 bits per heavy atom. The second kappa shape index (κ2) is 3.60. The third-order valence-electron chi connectivity index (χ3n) is 3.15. The fourth-order valence-electron chi connectivity index (χ4n) is 2.35. The molecule has 0 radical (unpaired) electrons. The standard InChI is InChI=1S/C12H17NO/c1-9-7-11-5-3-4-6-12(11)8-13(9)10(2)14/h5-6,9H,3-4,7-8H2,1-2H3. The largest absolute Gasteiger partial charge is 0.336 e. The summed E-state index contributed by atoms with van der Waals surface area (Å²) in [6.45, 7) is 4.62. The molecule has 1 heterocycles. The molecule has 2 aliphatic rings. The molecule has 1 aliphatic heterocycles. The average Bonchev–Trinajstić information content (AvgIpc) is 2.16. The summed E-state index contributed by atoms with van der Waals surface area (Å²) in [6.07, 6.45) is 7.97. The minimum Gasteiger partial charge on any atom is -0.336 e. The maximum absolute atomic E-state index is 11.4. The summed E-state index contributed by atoms with van der Waals surface area (Å²) in [6, 6.07) is 0.369. The Balaban J connectivity index is 2.19. The number of fused-ring (bicyclic) bond motifs is 1. The van der Waals surface area contributed by atoms with Crippen LogP contribution in [0.1, 0.15) is 33.1 Å². The average molecular weight is 191 g/mol. The van der Waals surface area contributed by atoms with Gasteiger partial charge in [0.1, 0.15) is 0 Å². The molecule has 0 spiro atoms. The monoisotopic (exact) mass is 191 g/mol. The molecule has 76 valence electrons. The van der Waals surface area contributed by atoms with Crippen LogP contribution < -0.4 is 0 Å². The lowest BCUT2D eigenvalue weighted by Crippen LogP contribution is -2.42. The van der Waals surface area contributed by atoms with Crippen LogP contribution in [0.5, 0.6) is 0 Å². The molecular weight excluding hydrogens is 174 g/mol. The van der Waals surface area contributed by atoms with E-state index in [1.165, 1.54) is 17.6 Å². The molecule has 0 N–H and O–H groups in total. The Morgan fingerprint density at radius 2 is 2.00 bits per heavy atom. The fourth-order valence-corrected chi connectivity index (χ4v) is 2.35. The molecule has 1 atom stereocenters. The summed E-state index contributed by atoms with van der Waals surface area (Å²) in [4.78, 5) is 13.3. The molecule has 0 aromatic carbocycles. The highest BCUT2D eigenvalue weighted by atomic mass is 16.2. The van der Waals surface area contributed by atoms with Crippen molar-refractivity contribution in [2.24, 2.45) is 0 Å². The number of rotatable bonds is 0. The second-order valence-corrected chi connectivity index (χ2v) is 4.24. The number of allylic oxidation sites excluding steroid dienone is 2. The van der Waals surface area contributed by atoms with Gasteiger partial charge in [-0.2, -0.15) is 0 Å². The van der Waals surface area contributed by atoms with E-state index in [0.29, 0.717) is 6.04 Å². The zero-order valence-electron chi connectivity index (χ0n) is 8.92. The van der Waals surface area contributed by atoms with Crippen LogP contribution in [0.25, 0.3) is 0 Å². The van der Waals surface area contributed by atoms with Gasteiger partial charge >= 0.3 is 0 Å². The van der Waals surface area contributed by atoms with E-state index < -0.39 is 0 Å². The van der Waals surface area contributed by atoms with Crippen LogP contribution in [0.3, 0.4) is 0 Å². The first-order valence-corrected chi connectivity index (χ1v) is 5.34. The van der Waals surface area contributed by atoms with E-state index in [0.717, 1.165) is 19.4 Å². The number of nitrogens with zero attached hydrogens (tertiary/aromatic N) is 1. The minimum absolute atomic E-state index is 0.197. The summed E-state index contributed by atoms with van der Waals surface area (Å²) in [5.74, 6) is 0.197. The van der Waals surface area contributed by atoms with Gasteiger partial charge in [0.2, 0.25) is 5.91 Å². The lowest BCUT2D eigenvalue weighted by molar-refractivity contribution is -0.130. The minimum atomic E-state index is 0.197. The van der Waals surface area contributed by atoms with Gasteiger partial charge in [0.15, 0.2) is 0 Å². The highest BCUT2D eigenvalue weighted by Gasteiger charge is 2.26. The summed E-state index contributed by atoms with van der Waals surface area (Å²) < 4.78 is 0. The molecule has 2 nitrogen and oxygen atoms in total. The molecule has 1 fully saturated rings. The van der Waals surface area contributed by atoms with E-state index in [-0.39, 0.29) is 5.91 Å². The van der Waals surface area contributed by atoms with E-state index in [4.69, 9.17) is 0 Å². The van der Waals surface area contributed by atoms with Gasteiger partial charge in [0, 0.05) is 19.5 Å². The van der Waals surface area contributed by atoms with Crippen LogP contribution >= 0.6 is 0 Å². The van der Waals surface area contributed by atoms with E-state index in [1.54, 1.807) is 6.92 Å². The molecule has 0 bridgehead atoms. The van der Waals surface area contributed by atoms with Gasteiger partial charge in [0.05, 0.1) is 0 Å². The molecule has 2 rings (SSSR count). The number of piperidine rings is 1. The molecule has 0 aromatic rings. The van der Waals surface area contributed by atoms with Crippen molar-refractivity contribution in [2.75, 3.05) is 6.54 Å². The van der Waals surface area contributed by atoms with Crippen LogP contribution in [0.2, 0.25) is 0 Å². The molecular formula is C12H17NO. The number of hydrogen-bond acceptors (Lipinski definition) is 1. The molecule has 1 amide bonds. The molecule has 1 saturated heterocycles. The molecule has 1 aliphatic carbocycles. The lowest BCUT2D eigenvalue weighted by atomic mass is 9.88. The topological polar surface area (TPSA) is 20.3 Å². The van der Waals surface area contributed by atoms with Crippen LogP contribution in [-0.4, -0.2) is 23.4 Å². The third-order valence-corrected chi connectivity index (χ3v) is 3.15. The van der Waals surface area contributed by atoms with Crippen molar-refractivity contribution < 1.29 is 4.79 Å². The predicted octanol–water partition coefficient (Wildman–Crippen LogP) is 2.27. The first-order chi connectivity index (χ1) is 6.68. The summed E-state index contributed by atoms with van der Waals surface area (Å²) in [7, 11) is 0. The van der Waals surface area contributed by atoms with Gasteiger partial charge in [-0.3, -0.25) is 4.79 Å². The number of amides is 1. The highest BCUT2D eigenvalue weighted by molar-refractivity contribution is 5.74. The first-order valence-electron chi connectivity index (χ1n) is 5.34. The van der Waals surface area contributed by atoms with Crippen LogP contribution in [-0.2, 0) is 4.79 Å².